The molecule has 0 atom stereocenters. The Morgan fingerprint density at radius 3 is 2.52 bits per heavy atom. The molecule has 0 bridgehead atoms. The van der Waals surface area contributed by atoms with Gasteiger partial charge in [0.25, 0.3) is 11.8 Å². The molecule has 4 nitrogen and oxygen atoms in total. The molecule has 1 fully saturated rings. The molecule has 2 heterocycles. The molecule has 0 N–H and O–H groups in total. The van der Waals surface area contributed by atoms with E-state index in [4.69, 9.17) is 23.8 Å². The monoisotopic (exact) mass is 470 g/mol. The third-order valence-corrected chi connectivity index (χ3v) is 7.08. The highest BCUT2D eigenvalue weighted by Crippen LogP contribution is 2.45. The van der Waals surface area contributed by atoms with Gasteiger partial charge in [0.15, 0.2) is 4.32 Å². The smallest absolute Gasteiger partial charge is 0.271 e. The van der Waals surface area contributed by atoms with Crippen LogP contribution in [0.3, 0.4) is 0 Å². The number of amides is 2. The first-order chi connectivity index (χ1) is 15.0. The lowest BCUT2D eigenvalue weighted by Gasteiger charge is -2.17. The van der Waals surface area contributed by atoms with Gasteiger partial charge in [0, 0.05) is 17.1 Å². The number of halogens is 1. The maximum atomic E-state index is 13.4. The molecule has 7 heteroatoms. The molecule has 2 aromatic rings. The molecule has 0 saturated carbocycles. The van der Waals surface area contributed by atoms with Gasteiger partial charge in [-0.25, -0.2) is 0 Å². The van der Waals surface area contributed by atoms with E-state index in [1.54, 1.807) is 24.3 Å². The molecule has 2 aliphatic rings. The normalized spacial score (nSPS) is 18.3. The van der Waals surface area contributed by atoms with E-state index in [-0.39, 0.29) is 11.8 Å². The van der Waals surface area contributed by atoms with Crippen LogP contribution in [0.2, 0.25) is 5.02 Å². The molecule has 2 aromatic carbocycles. The standard InChI is InChI=1S/C24H23ClN2O2S2/c1-2-3-4-5-8-14-26-19-13-7-6-12-18(19)20(22(26)28)21-23(29)27(24(30)31-21)17-11-9-10-16(25)15-17/h6-7,9-13,15H,2-5,8,14H2,1H3/b21-20-. The average Bonchev–Trinajstić information content (AvgIpc) is 3.20. The number of hydrogen-bond donors (Lipinski definition) is 0. The number of fused-ring (bicyclic) bond motifs is 1. The molecule has 0 radical (unpaired) electrons. The van der Waals surface area contributed by atoms with Gasteiger partial charge in [-0.2, -0.15) is 0 Å². The highest BCUT2D eigenvalue weighted by atomic mass is 35.5. The zero-order valence-corrected chi connectivity index (χ0v) is 19.7. The van der Waals surface area contributed by atoms with E-state index in [0.29, 0.717) is 32.1 Å². The minimum atomic E-state index is -0.278. The van der Waals surface area contributed by atoms with Crippen molar-refractivity contribution in [2.24, 2.45) is 0 Å². The lowest BCUT2D eigenvalue weighted by molar-refractivity contribution is -0.115. The predicted octanol–water partition coefficient (Wildman–Crippen LogP) is 6.43. The van der Waals surface area contributed by atoms with E-state index in [1.807, 2.05) is 29.2 Å². The largest absolute Gasteiger partial charge is 0.308 e. The summed E-state index contributed by atoms with van der Waals surface area (Å²) in [5.74, 6) is -0.400. The summed E-state index contributed by atoms with van der Waals surface area (Å²) in [7, 11) is 0. The quantitative estimate of drug-likeness (QED) is 0.265. The van der Waals surface area contributed by atoms with Gasteiger partial charge in [-0.3, -0.25) is 14.5 Å². The number of unbranched alkanes of at least 4 members (excludes halogenated alkanes) is 4. The number of para-hydroxylation sites is 1. The number of anilines is 2. The Bertz CT molecular complexity index is 1080. The van der Waals surface area contributed by atoms with E-state index in [1.165, 1.54) is 35.9 Å². The van der Waals surface area contributed by atoms with Crippen molar-refractivity contribution in [3.63, 3.8) is 0 Å². The summed E-state index contributed by atoms with van der Waals surface area (Å²) in [6, 6.07) is 14.7. The van der Waals surface area contributed by atoms with Crippen molar-refractivity contribution in [3.8, 4) is 0 Å². The van der Waals surface area contributed by atoms with Crippen LogP contribution in [0, 0.1) is 0 Å². The van der Waals surface area contributed by atoms with Gasteiger partial charge in [-0.05, 0) is 30.7 Å². The first-order valence-corrected chi connectivity index (χ1v) is 12.1. The van der Waals surface area contributed by atoms with Gasteiger partial charge in [-0.1, -0.05) is 92.5 Å². The first-order valence-electron chi connectivity index (χ1n) is 10.5. The summed E-state index contributed by atoms with van der Waals surface area (Å²) in [5.41, 5.74) is 2.72. The van der Waals surface area contributed by atoms with Crippen molar-refractivity contribution in [3.05, 3.63) is 64.0 Å². The number of carbonyl (C=O) groups excluding carboxylic acids is 2. The molecule has 0 spiro atoms. The van der Waals surface area contributed by atoms with Crippen molar-refractivity contribution < 1.29 is 9.59 Å². The highest BCUT2D eigenvalue weighted by molar-refractivity contribution is 8.27. The molecule has 2 aliphatic heterocycles. The summed E-state index contributed by atoms with van der Waals surface area (Å²) in [6.45, 7) is 2.84. The van der Waals surface area contributed by atoms with Crippen molar-refractivity contribution in [2.75, 3.05) is 16.3 Å². The Balaban J connectivity index is 1.66. The van der Waals surface area contributed by atoms with Crippen molar-refractivity contribution >= 4 is 68.7 Å². The lowest BCUT2D eigenvalue weighted by atomic mass is 10.1. The number of thioether (sulfide) groups is 1. The number of nitrogens with zero attached hydrogens (tertiary/aromatic N) is 2. The molecule has 0 aromatic heterocycles. The van der Waals surface area contributed by atoms with E-state index in [2.05, 4.69) is 6.92 Å². The lowest BCUT2D eigenvalue weighted by Crippen LogP contribution is -2.29. The second-order valence-corrected chi connectivity index (χ2v) is 9.66. The van der Waals surface area contributed by atoms with E-state index < -0.39 is 0 Å². The second kappa shape index (κ2) is 9.55. The van der Waals surface area contributed by atoms with Gasteiger partial charge >= 0.3 is 0 Å². The molecule has 0 aliphatic carbocycles. The van der Waals surface area contributed by atoms with Crippen LogP contribution < -0.4 is 9.80 Å². The van der Waals surface area contributed by atoms with Crippen LogP contribution in [0.15, 0.2) is 53.4 Å². The summed E-state index contributed by atoms with van der Waals surface area (Å²) in [4.78, 5) is 30.4. The van der Waals surface area contributed by atoms with Gasteiger partial charge in [0.1, 0.15) is 0 Å². The zero-order valence-electron chi connectivity index (χ0n) is 17.3. The molecule has 1 saturated heterocycles. The summed E-state index contributed by atoms with van der Waals surface area (Å²) >= 11 is 12.8. The van der Waals surface area contributed by atoms with Crippen molar-refractivity contribution in [2.45, 2.75) is 39.0 Å². The third kappa shape index (κ3) is 4.29. The van der Waals surface area contributed by atoms with Crippen LogP contribution >= 0.6 is 35.6 Å². The Labute approximate surface area is 197 Å². The Kier molecular flexibility index (Phi) is 6.80. The van der Waals surface area contributed by atoms with Crippen LogP contribution in [0.25, 0.3) is 5.57 Å². The molecule has 160 valence electrons. The highest BCUT2D eigenvalue weighted by Gasteiger charge is 2.42. The molecule has 31 heavy (non-hydrogen) atoms. The topological polar surface area (TPSA) is 40.6 Å². The zero-order chi connectivity index (χ0) is 22.0. The maximum absolute atomic E-state index is 13.4. The second-order valence-electron chi connectivity index (χ2n) is 7.58. The third-order valence-electron chi connectivity index (χ3n) is 5.47. The Hall–Kier alpha value is -2.15. The van der Waals surface area contributed by atoms with Crippen LogP contribution in [-0.2, 0) is 9.59 Å². The van der Waals surface area contributed by atoms with Crippen LogP contribution in [0.5, 0.6) is 0 Å². The first kappa shape index (κ1) is 22.1. The van der Waals surface area contributed by atoms with E-state index in [0.717, 1.165) is 24.1 Å². The predicted molar refractivity (Wildman–Crippen MR) is 134 cm³/mol. The van der Waals surface area contributed by atoms with Crippen molar-refractivity contribution in [1.29, 1.82) is 0 Å². The van der Waals surface area contributed by atoms with Gasteiger partial charge in [0.05, 0.1) is 21.9 Å². The SMILES string of the molecule is CCCCCCCN1C(=O)/C(=C2\SC(=S)N(c3cccc(Cl)c3)C2=O)c2ccccc21. The summed E-state index contributed by atoms with van der Waals surface area (Å²) in [5, 5.41) is 0.524. The minimum Gasteiger partial charge on any atom is -0.308 e. The van der Waals surface area contributed by atoms with Crippen LogP contribution in [0.4, 0.5) is 11.4 Å². The number of thiocarbonyl (C=S) groups is 1. The average molecular weight is 471 g/mol. The maximum Gasteiger partial charge on any atom is 0.271 e. The van der Waals surface area contributed by atoms with Crippen molar-refractivity contribution in [1.82, 2.24) is 0 Å². The Morgan fingerprint density at radius 1 is 0.968 bits per heavy atom. The molecule has 2 amide bonds. The van der Waals surface area contributed by atoms with Gasteiger partial charge in [0.2, 0.25) is 0 Å². The number of rotatable bonds is 7. The van der Waals surface area contributed by atoms with Gasteiger partial charge in [-0.15, -0.1) is 0 Å². The Morgan fingerprint density at radius 2 is 1.74 bits per heavy atom. The minimum absolute atomic E-state index is 0.122. The molecule has 4 rings (SSSR count). The molecule has 0 unspecified atom stereocenters. The van der Waals surface area contributed by atoms with Crippen LogP contribution in [-0.4, -0.2) is 22.7 Å². The molecular formula is C24H23ClN2O2S2. The van der Waals surface area contributed by atoms with Gasteiger partial charge < -0.3 is 4.90 Å². The van der Waals surface area contributed by atoms with Crippen LogP contribution in [0.1, 0.15) is 44.6 Å². The fraction of sp³-hybridized carbons (Fsp3) is 0.292. The summed E-state index contributed by atoms with van der Waals surface area (Å²) < 4.78 is 0.401. The number of benzene rings is 2. The van der Waals surface area contributed by atoms with E-state index in [9.17, 15) is 9.59 Å². The van der Waals surface area contributed by atoms with E-state index >= 15 is 0 Å². The number of hydrogen-bond acceptors (Lipinski definition) is 4. The fourth-order valence-corrected chi connectivity index (χ4v) is 5.51. The fourth-order valence-electron chi connectivity index (χ4n) is 3.95. The summed E-state index contributed by atoms with van der Waals surface area (Å²) in [6.07, 6.45) is 5.60. The number of carbonyl (C=O) groups is 2. The molecular weight excluding hydrogens is 448 g/mol.